The van der Waals surface area contributed by atoms with Gasteiger partial charge >= 0.3 is 0 Å². The highest BCUT2D eigenvalue weighted by atomic mass is 35.7. The van der Waals surface area contributed by atoms with Gasteiger partial charge in [0.1, 0.15) is 5.75 Å². The minimum absolute atomic E-state index is 0.131. The Morgan fingerprint density at radius 1 is 1.33 bits per heavy atom. The lowest BCUT2D eigenvalue weighted by atomic mass is 9.98. The van der Waals surface area contributed by atoms with Gasteiger partial charge in [0.2, 0.25) is 9.05 Å². The number of benzene rings is 1. The number of rotatable bonds is 5. The predicted molar refractivity (Wildman–Crippen MR) is 75.1 cm³/mol. The lowest BCUT2D eigenvalue weighted by molar-refractivity contribution is 0.200. The molecule has 0 fully saturated rings. The standard InChI is InChI=1S/C12H16Cl2O3S/c1-9-6-10(4-5-11(9)13)17-7-12(2,3)8-18(14,15)16/h4-6H,7-8H2,1-3H3. The molecule has 0 amide bonds. The molecule has 1 aromatic rings. The van der Waals surface area contributed by atoms with Crippen molar-refractivity contribution in [2.45, 2.75) is 20.8 Å². The van der Waals surface area contributed by atoms with Gasteiger partial charge in [-0.1, -0.05) is 25.4 Å². The average molecular weight is 311 g/mol. The van der Waals surface area contributed by atoms with Gasteiger partial charge in [0.25, 0.3) is 0 Å². The van der Waals surface area contributed by atoms with E-state index in [2.05, 4.69) is 0 Å². The predicted octanol–water partition coefficient (Wildman–Crippen LogP) is 3.62. The third-order valence-electron chi connectivity index (χ3n) is 2.32. The van der Waals surface area contributed by atoms with E-state index >= 15 is 0 Å². The van der Waals surface area contributed by atoms with Crippen LogP contribution < -0.4 is 4.74 Å². The van der Waals surface area contributed by atoms with Crippen LogP contribution in [0.1, 0.15) is 19.4 Å². The highest BCUT2D eigenvalue weighted by Gasteiger charge is 2.25. The number of hydrogen-bond acceptors (Lipinski definition) is 3. The molecule has 0 saturated heterocycles. The molecule has 0 N–H and O–H groups in total. The number of halogens is 2. The highest BCUT2D eigenvalue weighted by Crippen LogP contribution is 2.25. The quantitative estimate of drug-likeness (QED) is 0.780. The molecule has 0 radical (unpaired) electrons. The number of hydrogen-bond donors (Lipinski definition) is 0. The molecule has 18 heavy (non-hydrogen) atoms. The topological polar surface area (TPSA) is 43.4 Å². The van der Waals surface area contributed by atoms with Gasteiger partial charge < -0.3 is 4.74 Å². The van der Waals surface area contributed by atoms with Gasteiger partial charge in [0.05, 0.1) is 12.4 Å². The monoisotopic (exact) mass is 310 g/mol. The normalized spacial score (nSPS) is 12.5. The molecule has 1 aromatic carbocycles. The van der Waals surface area contributed by atoms with Crippen LogP contribution in [0.15, 0.2) is 18.2 Å². The first-order valence-corrected chi connectivity index (χ1v) is 8.26. The highest BCUT2D eigenvalue weighted by molar-refractivity contribution is 8.13. The third kappa shape index (κ3) is 5.46. The molecule has 0 aliphatic carbocycles. The van der Waals surface area contributed by atoms with Crippen LogP contribution in [-0.2, 0) is 9.05 Å². The summed E-state index contributed by atoms with van der Waals surface area (Å²) in [6.07, 6.45) is 0. The van der Waals surface area contributed by atoms with E-state index < -0.39 is 14.5 Å². The summed E-state index contributed by atoms with van der Waals surface area (Å²) in [5.74, 6) is 0.533. The van der Waals surface area contributed by atoms with Crippen LogP contribution in [0.5, 0.6) is 5.75 Å². The Bertz CT molecular complexity index is 524. The van der Waals surface area contributed by atoms with Crippen molar-refractivity contribution in [1.82, 2.24) is 0 Å². The van der Waals surface area contributed by atoms with Crippen LogP contribution in [0.3, 0.4) is 0 Å². The summed E-state index contributed by atoms with van der Waals surface area (Å²) in [6.45, 7) is 5.72. The molecule has 6 heteroatoms. The van der Waals surface area contributed by atoms with Crippen LogP contribution in [-0.4, -0.2) is 20.8 Å². The maximum atomic E-state index is 11.0. The minimum Gasteiger partial charge on any atom is -0.493 e. The van der Waals surface area contributed by atoms with Crippen LogP contribution in [0, 0.1) is 12.3 Å². The molecule has 0 unspecified atom stereocenters. The molecule has 3 nitrogen and oxygen atoms in total. The molecule has 1 rings (SSSR count). The Balaban J connectivity index is 2.67. The second-order valence-electron chi connectivity index (χ2n) is 5.05. The van der Waals surface area contributed by atoms with E-state index in [-0.39, 0.29) is 12.4 Å². The Kier molecular flexibility index (Phi) is 4.92. The van der Waals surface area contributed by atoms with Crippen molar-refractivity contribution in [3.8, 4) is 5.75 Å². The second-order valence-corrected chi connectivity index (χ2v) is 8.23. The summed E-state index contributed by atoms with van der Waals surface area (Å²) in [4.78, 5) is 0. The maximum Gasteiger partial charge on any atom is 0.233 e. The van der Waals surface area contributed by atoms with Gasteiger partial charge in [-0.05, 0) is 30.7 Å². The van der Waals surface area contributed by atoms with Crippen LogP contribution in [0.4, 0.5) is 0 Å². The van der Waals surface area contributed by atoms with Crippen molar-refractivity contribution in [3.63, 3.8) is 0 Å². The third-order valence-corrected chi connectivity index (χ3v) is 4.20. The second kappa shape index (κ2) is 5.68. The van der Waals surface area contributed by atoms with E-state index in [1.165, 1.54) is 0 Å². The van der Waals surface area contributed by atoms with E-state index in [1.54, 1.807) is 26.0 Å². The minimum atomic E-state index is -3.53. The molecule has 0 atom stereocenters. The molecule has 0 saturated carbocycles. The summed E-state index contributed by atoms with van der Waals surface area (Å²) in [7, 11) is 1.71. The molecule has 0 aliphatic heterocycles. The van der Waals surface area contributed by atoms with Gasteiger partial charge in [0, 0.05) is 21.1 Å². The van der Waals surface area contributed by atoms with Gasteiger partial charge in [-0.2, -0.15) is 0 Å². The van der Waals surface area contributed by atoms with E-state index in [0.29, 0.717) is 10.8 Å². The number of aryl methyl sites for hydroxylation is 1. The van der Waals surface area contributed by atoms with Crippen molar-refractivity contribution in [2.24, 2.45) is 5.41 Å². The van der Waals surface area contributed by atoms with Gasteiger partial charge in [-0.15, -0.1) is 0 Å². The van der Waals surface area contributed by atoms with Gasteiger partial charge in [-0.25, -0.2) is 8.42 Å². The first-order valence-electron chi connectivity index (χ1n) is 5.40. The van der Waals surface area contributed by atoms with Crippen molar-refractivity contribution in [3.05, 3.63) is 28.8 Å². The summed E-state index contributed by atoms with van der Waals surface area (Å²) in [5.41, 5.74) is 0.366. The lowest BCUT2D eigenvalue weighted by Crippen LogP contribution is -2.28. The van der Waals surface area contributed by atoms with Crippen molar-refractivity contribution >= 4 is 31.3 Å². The van der Waals surface area contributed by atoms with Crippen LogP contribution >= 0.6 is 22.3 Å². The smallest absolute Gasteiger partial charge is 0.233 e. The molecular weight excluding hydrogens is 295 g/mol. The molecule has 0 aromatic heterocycles. The first-order chi connectivity index (χ1) is 8.09. The van der Waals surface area contributed by atoms with Crippen molar-refractivity contribution in [2.75, 3.05) is 12.4 Å². The van der Waals surface area contributed by atoms with E-state index in [1.807, 2.05) is 13.0 Å². The lowest BCUT2D eigenvalue weighted by Gasteiger charge is -2.23. The fraction of sp³-hybridized carbons (Fsp3) is 0.500. The zero-order valence-corrected chi connectivity index (χ0v) is 12.9. The largest absolute Gasteiger partial charge is 0.493 e. The fourth-order valence-corrected chi connectivity index (χ4v) is 3.51. The Morgan fingerprint density at radius 2 is 1.94 bits per heavy atom. The van der Waals surface area contributed by atoms with E-state index in [9.17, 15) is 8.42 Å². The number of ether oxygens (including phenoxy) is 1. The Hall–Kier alpha value is -0.450. The molecule has 0 bridgehead atoms. The first kappa shape index (κ1) is 15.6. The van der Waals surface area contributed by atoms with Gasteiger partial charge in [-0.3, -0.25) is 0 Å². The summed E-state index contributed by atoms with van der Waals surface area (Å²) in [6, 6.07) is 5.31. The molecule has 0 heterocycles. The molecule has 102 valence electrons. The van der Waals surface area contributed by atoms with E-state index in [4.69, 9.17) is 27.0 Å². The summed E-state index contributed by atoms with van der Waals surface area (Å²) in [5, 5.41) is 0.671. The van der Waals surface area contributed by atoms with Crippen LogP contribution in [0.2, 0.25) is 5.02 Å². The molecular formula is C12H16Cl2O3S. The van der Waals surface area contributed by atoms with Crippen molar-refractivity contribution < 1.29 is 13.2 Å². The average Bonchev–Trinajstić information content (AvgIpc) is 2.16. The summed E-state index contributed by atoms with van der Waals surface area (Å²) < 4.78 is 27.7. The zero-order chi connectivity index (χ0) is 14.0. The Labute approximate surface area is 117 Å². The van der Waals surface area contributed by atoms with Crippen molar-refractivity contribution in [1.29, 1.82) is 0 Å². The maximum absolute atomic E-state index is 11.0. The van der Waals surface area contributed by atoms with Gasteiger partial charge in [0.15, 0.2) is 0 Å². The fourth-order valence-electron chi connectivity index (χ4n) is 1.49. The zero-order valence-electron chi connectivity index (χ0n) is 10.5. The van der Waals surface area contributed by atoms with Crippen LogP contribution in [0.25, 0.3) is 0 Å². The Morgan fingerprint density at radius 3 is 2.44 bits per heavy atom. The molecule has 0 aliphatic rings. The van der Waals surface area contributed by atoms with E-state index in [0.717, 1.165) is 5.56 Å². The summed E-state index contributed by atoms with van der Waals surface area (Å²) >= 11 is 5.91. The SMILES string of the molecule is Cc1cc(OCC(C)(C)CS(=O)(=O)Cl)ccc1Cl. The molecule has 0 spiro atoms.